The third kappa shape index (κ3) is 7.58. The zero-order chi connectivity index (χ0) is 28.0. The molecule has 0 aliphatic heterocycles. The molecule has 0 radical (unpaired) electrons. The number of methoxy groups -OCH3 is 1. The topological polar surface area (TPSA) is 88.5 Å². The molecule has 0 saturated heterocycles. The molecule has 3 rings (SSSR count). The van der Waals surface area contributed by atoms with Crippen LogP contribution in [-0.2, 0) is 14.9 Å². The minimum atomic E-state index is -0.394. The van der Waals surface area contributed by atoms with Crippen molar-refractivity contribution in [2.24, 2.45) is 0 Å². The van der Waals surface area contributed by atoms with Crippen LogP contribution in [-0.4, -0.2) is 53.4 Å². The first-order valence-electron chi connectivity index (χ1n) is 12.7. The number of ether oxygens (including phenoxy) is 1. The molecule has 1 aromatic heterocycles. The van der Waals surface area contributed by atoms with Crippen molar-refractivity contribution in [1.29, 1.82) is 0 Å². The molecule has 9 heteroatoms. The van der Waals surface area contributed by atoms with E-state index in [1.54, 1.807) is 23.9 Å². The Labute approximate surface area is 230 Å². The molecule has 0 aliphatic rings. The van der Waals surface area contributed by atoms with E-state index in [0.717, 1.165) is 28.1 Å². The van der Waals surface area contributed by atoms with Crippen molar-refractivity contribution >= 4 is 35.0 Å². The van der Waals surface area contributed by atoms with E-state index in [1.165, 1.54) is 4.90 Å². The summed E-state index contributed by atoms with van der Waals surface area (Å²) >= 11 is 6.22. The highest BCUT2D eigenvalue weighted by Crippen LogP contribution is 2.28. The summed E-state index contributed by atoms with van der Waals surface area (Å²) in [6, 6.07) is 12.9. The van der Waals surface area contributed by atoms with Crippen LogP contribution in [0.3, 0.4) is 0 Å². The summed E-state index contributed by atoms with van der Waals surface area (Å²) < 4.78 is 6.91. The van der Waals surface area contributed by atoms with Crippen LogP contribution in [0.15, 0.2) is 42.5 Å². The summed E-state index contributed by atoms with van der Waals surface area (Å²) in [5, 5.41) is 11.2. The van der Waals surface area contributed by atoms with Crippen molar-refractivity contribution < 1.29 is 14.3 Å². The third-order valence-corrected chi connectivity index (χ3v) is 6.55. The number of aryl methyl sites for hydroxylation is 3. The Morgan fingerprint density at radius 2 is 1.76 bits per heavy atom. The molecule has 0 bridgehead atoms. The fourth-order valence-corrected chi connectivity index (χ4v) is 4.12. The molecule has 0 aliphatic carbocycles. The Kier molecular flexibility index (Phi) is 9.57. The SMILES string of the molecule is COCCCN(CC(=O)Nc1cc(C(C)(C)C)nn1-c1ccc(C)cc1C)C(=O)Nc1ccc(C)c(Cl)c1. The molecule has 2 N–H and O–H groups in total. The van der Waals surface area contributed by atoms with Gasteiger partial charge in [-0.2, -0.15) is 5.10 Å². The van der Waals surface area contributed by atoms with Gasteiger partial charge in [0.25, 0.3) is 0 Å². The van der Waals surface area contributed by atoms with Crippen LogP contribution < -0.4 is 10.6 Å². The van der Waals surface area contributed by atoms with Crippen molar-refractivity contribution in [2.45, 2.75) is 53.4 Å². The molecular weight excluding hydrogens is 502 g/mol. The molecular formula is C29H38ClN5O3. The lowest BCUT2D eigenvalue weighted by Gasteiger charge is -2.23. The lowest BCUT2D eigenvalue weighted by molar-refractivity contribution is -0.116. The second kappa shape index (κ2) is 12.5. The molecule has 0 fully saturated rings. The van der Waals surface area contributed by atoms with Gasteiger partial charge < -0.3 is 20.3 Å². The standard InChI is InChI=1S/C29H38ClN5O3/c1-19-9-12-24(21(3)15-19)35-26(17-25(33-35)29(4,5)6)32-27(36)18-34(13-8-14-38-7)28(37)31-22-11-10-20(2)23(30)16-22/h9-12,15-17H,8,13-14,18H2,1-7H3,(H,31,37)(H,32,36). The summed E-state index contributed by atoms with van der Waals surface area (Å²) in [6.45, 7) is 12.8. The predicted molar refractivity (Wildman–Crippen MR) is 154 cm³/mol. The number of hydrogen-bond donors (Lipinski definition) is 2. The highest BCUT2D eigenvalue weighted by atomic mass is 35.5. The van der Waals surface area contributed by atoms with Gasteiger partial charge >= 0.3 is 6.03 Å². The highest BCUT2D eigenvalue weighted by Gasteiger charge is 2.24. The van der Waals surface area contributed by atoms with Gasteiger partial charge in [0.15, 0.2) is 0 Å². The summed E-state index contributed by atoms with van der Waals surface area (Å²) in [6.07, 6.45) is 0.584. The Morgan fingerprint density at radius 1 is 1.03 bits per heavy atom. The van der Waals surface area contributed by atoms with Crippen molar-refractivity contribution in [3.8, 4) is 5.69 Å². The number of amides is 3. The van der Waals surface area contributed by atoms with E-state index in [9.17, 15) is 9.59 Å². The summed E-state index contributed by atoms with van der Waals surface area (Å²) in [7, 11) is 1.60. The highest BCUT2D eigenvalue weighted by molar-refractivity contribution is 6.31. The molecule has 8 nitrogen and oxygen atoms in total. The number of nitrogens with one attached hydrogen (secondary N) is 2. The molecule has 3 aromatic rings. The molecule has 1 heterocycles. The number of nitrogens with zero attached hydrogens (tertiary/aromatic N) is 3. The number of benzene rings is 2. The van der Waals surface area contributed by atoms with Gasteiger partial charge in [0, 0.05) is 42.5 Å². The molecule has 204 valence electrons. The van der Waals surface area contributed by atoms with E-state index >= 15 is 0 Å². The van der Waals surface area contributed by atoms with Gasteiger partial charge in [-0.25, -0.2) is 9.48 Å². The maximum absolute atomic E-state index is 13.3. The Morgan fingerprint density at radius 3 is 2.39 bits per heavy atom. The zero-order valence-corrected chi connectivity index (χ0v) is 24.1. The second-order valence-electron chi connectivity index (χ2n) is 10.6. The lowest BCUT2D eigenvalue weighted by atomic mass is 9.92. The first kappa shape index (κ1) is 29.2. The lowest BCUT2D eigenvalue weighted by Crippen LogP contribution is -2.41. The van der Waals surface area contributed by atoms with Crippen molar-refractivity contribution in [3.05, 3.63) is 69.9 Å². The quantitative estimate of drug-likeness (QED) is 0.314. The monoisotopic (exact) mass is 539 g/mol. The van der Waals surface area contributed by atoms with Gasteiger partial charge in [0.1, 0.15) is 12.4 Å². The van der Waals surface area contributed by atoms with Crippen LogP contribution in [0.2, 0.25) is 5.02 Å². The third-order valence-electron chi connectivity index (χ3n) is 6.15. The smallest absolute Gasteiger partial charge is 0.322 e. The van der Waals surface area contributed by atoms with Crippen molar-refractivity contribution in [1.82, 2.24) is 14.7 Å². The maximum atomic E-state index is 13.3. The van der Waals surface area contributed by atoms with Gasteiger partial charge in [0.05, 0.1) is 11.4 Å². The van der Waals surface area contributed by atoms with Crippen LogP contribution in [0.4, 0.5) is 16.3 Å². The Balaban J connectivity index is 1.84. The number of carbonyl (C=O) groups is 2. The van der Waals surface area contributed by atoms with E-state index in [4.69, 9.17) is 21.4 Å². The molecule has 0 saturated carbocycles. The fraction of sp³-hybridized carbons (Fsp3) is 0.414. The van der Waals surface area contributed by atoms with E-state index < -0.39 is 6.03 Å². The van der Waals surface area contributed by atoms with E-state index in [0.29, 0.717) is 36.1 Å². The normalized spacial score (nSPS) is 11.4. The largest absolute Gasteiger partial charge is 0.385 e. The van der Waals surface area contributed by atoms with Crippen LogP contribution >= 0.6 is 11.6 Å². The van der Waals surface area contributed by atoms with Crippen LogP contribution in [0, 0.1) is 20.8 Å². The number of halogens is 1. The minimum absolute atomic E-state index is 0.141. The molecule has 38 heavy (non-hydrogen) atoms. The summed E-state index contributed by atoms with van der Waals surface area (Å²) in [5.74, 6) is 0.223. The van der Waals surface area contributed by atoms with E-state index in [2.05, 4.69) is 37.5 Å². The number of carbonyl (C=O) groups excluding carboxylic acids is 2. The van der Waals surface area contributed by atoms with Gasteiger partial charge in [-0.3, -0.25) is 4.79 Å². The van der Waals surface area contributed by atoms with Crippen molar-refractivity contribution in [2.75, 3.05) is 37.4 Å². The first-order valence-corrected chi connectivity index (χ1v) is 13.1. The molecule has 0 spiro atoms. The van der Waals surface area contributed by atoms with Crippen LogP contribution in [0.1, 0.15) is 49.6 Å². The first-order chi connectivity index (χ1) is 17.9. The van der Waals surface area contributed by atoms with Gasteiger partial charge in [-0.1, -0.05) is 56.1 Å². The summed E-state index contributed by atoms with van der Waals surface area (Å²) in [4.78, 5) is 27.9. The zero-order valence-electron chi connectivity index (χ0n) is 23.3. The molecule has 3 amide bonds. The van der Waals surface area contributed by atoms with Gasteiger partial charge in [-0.15, -0.1) is 0 Å². The van der Waals surface area contributed by atoms with Crippen LogP contribution in [0.25, 0.3) is 5.69 Å². The minimum Gasteiger partial charge on any atom is -0.385 e. The van der Waals surface area contributed by atoms with Crippen LogP contribution in [0.5, 0.6) is 0 Å². The number of hydrogen-bond acceptors (Lipinski definition) is 4. The number of urea groups is 1. The fourth-order valence-electron chi connectivity index (χ4n) is 3.94. The van der Waals surface area contributed by atoms with E-state index in [1.807, 2.05) is 45.0 Å². The predicted octanol–water partition coefficient (Wildman–Crippen LogP) is 6.26. The number of anilines is 2. The number of aromatic nitrogens is 2. The summed E-state index contributed by atoms with van der Waals surface area (Å²) in [5.41, 5.74) is 5.17. The molecule has 0 unspecified atom stereocenters. The average Bonchev–Trinajstić information content (AvgIpc) is 3.24. The second-order valence-corrected chi connectivity index (χ2v) is 11.0. The average molecular weight is 540 g/mol. The Hall–Kier alpha value is -3.36. The van der Waals surface area contributed by atoms with Gasteiger partial charge in [0.2, 0.25) is 5.91 Å². The van der Waals surface area contributed by atoms with Gasteiger partial charge in [-0.05, 0) is 56.5 Å². The maximum Gasteiger partial charge on any atom is 0.322 e. The molecule has 0 atom stereocenters. The van der Waals surface area contributed by atoms with E-state index in [-0.39, 0.29) is 17.9 Å². The van der Waals surface area contributed by atoms with Crippen molar-refractivity contribution in [3.63, 3.8) is 0 Å². The Bertz CT molecular complexity index is 1300. The number of rotatable bonds is 9. The molecule has 2 aromatic carbocycles.